The molecule has 0 amide bonds. The molecule has 0 saturated carbocycles. The van der Waals surface area contributed by atoms with Crippen LogP contribution in [0.5, 0.6) is 0 Å². The van der Waals surface area contributed by atoms with Crippen LogP contribution < -0.4 is 0 Å². The van der Waals surface area contributed by atoms with E-state index in [1.807, 2.05) is 0 Å². The van der Waals surface area contributed by atoms with Crippen LogP contribution in [-0.2, 0) is 38.1 Å². The van der Waals surface area contributed by atoms with Gasteiger partial charge < -0.3 is 19.7 Å². The molecule has 0 spiro atoms. The lowest BCUT2D eigenvalue weighted by atomic mass is 9.99. The largest absolute Gasteiger partial charge is 0.387 e. The Kier molecular flexibility index (Phi) is 7.91. The maximum absolute atomic E-state index is 12.7. The summed E-state index contributed by atoms with van der Waals surface area (Å²) in [7, 11) is -7.38. The number of hydrogen-bond acceptors (Lipinski definition) is 10. The second-order valence-corrected chi connectivity index (χ2v) is 10.8. The summed E-state index contributed by atoms with van der Waals surface area (Å²) in [6.07, 6.45) is -7.92. The molecular weight excluding hydrogens is 476 g/mol. The van der Waals surface area contributed by atoms with E-state index in [0.29, 0.717) is 0 Å². The van der Waals surface area contributed by atoms with Crippen LogP contribution >= 0.6 is 0 Å². The lowest BCUT2D eigenvalue weighted by Gasteiger charge is -2.41. The van der Waals surface area contributed by atoms with Crippen LogP contribution in [0.1, 0.15) is 11.1 Å². The monoisotopic (exact) mass is 502 g/mol. The number of aryl methyl sites for hydroxylation is 2. The number of hydrogen-bond donors (Lipinski definition) is 2. The minimum atomic E-state index is -4.38. The molecule has 2 aromatic rings. The average Bonchev–Trinajstić information content (AvgIpc) is 2.77. The number of rotatable bonds is 8. The molecule has 12 heteroatoms. The molecule has 0 bridgehead atoms. The van der Waals surface area contributed by atoms with Gasteiger partial charge in [-0.2, -0.15) is 16.8 Å². The topological polar surface area (TPSA) is 146 Å². The van der Waals surface area contributed by atoms with Gasteiger partial charge in [0, 0.05) is 7.11 Å². The molecule has 182 valence electrons. The molecule has 1 saturated heterocycles. The van der Waals surface area contributed by atoms with Gasteiger partial charge in [-0.1, -0.05) is 35.4 Å². The third kappa shape index (κ3) is 5.97. The Labute approximate surface area is 192 Å². The maximum atomic E-state index is 12.7. The molecule has 1 aliphatic heterocycles. The van der Waals surface area contributed by atoms with Crippen molar-refractivity contribution in [1.29, 1.82) is 0 Å². The molecule has 1 aliphatic rings. The quantitative estimate of drug-likeness (QED) is 0.499. The lowest BCUT2D eigenvalue weighted by molar-refractivity contribution is -0.288. The van der Waals surface area contributed by atoms with Crippen molar-refractivity contribution in [2.24, 2.45) is 0 Å². The Hall–Kier alpha value is -1.90. The molecule has 10 nitrogen and oxygen atoms in total. The van der Waals surface area contributed by atoms with Crippen LogP contribution in [0.25, 0.3) is 0 Å². The van der Waals surface area contributed by atoms with Crippen molar-refractivity contribution in [2.75, 3.05) is 13.7 Å². The summed E-state index contributed by atoms with van der Waals surface area (Å²) in [6.45, 7) is 2.90. The Balaban J connectivity index is 1.78. The first-order valence-electron chi connectivity index (χ1n) is 9.95. The van der Waals surface area contributed by atoms with E-state index in [9.17, 15) is 27.0 Å². The molecule has 2 N–H and O–H groups in total. The van der Waals surface area contributed by atoms with Gasteiger partial charge in [-0.25, -0.2) is 0 Å². The van der Waals surface area contributed by atoms with Crippen molar-refractivity contribution < 1.29 is 44.9 Å². The zero-order valence-electron chi connectivity index (χ0n) is 18.2. The third-order valence-corrected chi connectivity index (χ3v) is 7.74. The van der Waals surface area contributed by atoms with Crippen LogP contribution in [0, 0.1) is 13.8 Å². The SMILES string of the molecule is CO[C@H]1O[C@H](COS(=O)(=O)c2ccc(C)cc2)[C@H](O)[C@H](OS(=O)(=O)c2ccc(C)cc2)[C@H]1O. The van der Waals surface area contributed by atoms with Crippen LogP contribution in [0.15, 0.2) is 58.3 Å². The van der Waals surface area contributed by atoms with E-state index in [0.717, 1.165) is 11.1 Å². The zero-order chi connectivity index (χ0) is 24.4. The van der Waals surface area contributed by atoms with Crippen molar-refractivity contribution >= 4 is 20.2 Å². The second-order valence-electron chi connectivity index (χ2n) is 7.64. The van der Waals surface area contributed by atoms with E-state index in [1.165, 1.54) is 31.4 Å². The van der Waals surface area contributed by atoms with Crippen LogP contribution in [0.2, 0.25) is 0 Å². The van der Waals surface area contributed by atoms with Gasteiger partial charge in [0.25, 0.3) is 20.2 Å². The van der Waals surface area contributed by atoms with E-state index >= 15 is 0 Å². The molecule has 1 heterocycles. The Bertz CT molecular complexity index is 1140. The normalized spacial score (nSPS) is 26.3. The Morgan fingerprint density at radius 1 is 0.818 bits per heavy atom. The van der Waals surface area contributed by atoms with E-state index in [1.54, 1.807) is 38.1 Å². The predicted octanol–water partition coefficient (Wildman–Crippen LogP) is 0.876. The molecule has 0 radical (unpaired) electrons. The van der Waals surface area contributed by atoms with Crippen LogP contribution in [0.3, 0.4) is 0 Å². The summed E-state index contributed by atoms with van der Waals surface area (Å²) in [4.78, 5) is -0.279. The highest BCUT2D eigenvalue weighted by Gasteiger charge is 2.48. The van der Waals surface area contributed by atoms with Gasteiger partial charge in [0.05, 0.1) is 16.4 Å². The Morgan fingerprint density at radius 2 is 1.30 bits per heavy atom. The molecule has 33 heavy (non-hydrogen) atoms. The van der Waals surface area contributed by atoms with Gasteiger partial charge in [-0.15, -0.1) is 0 Å². The second kappa shape index (κ2) is 10.2. The molecule has 0 aromatic heterocycles. The third-order valence-electron chi connectivity index (χ3n) is 5.12. The minimum absolute atomic E-state index is 0.100. The van der Waals surface area contributed by atoms with E-state index < -0.39 is 57.5 Å². The van der Waals surface area contributed by atoms with E-state index in [-0.39, 0.29) is 9.79 Å². The highest BCUT2D eigenvalue weighted by atomic mass is 32.2. The summed E-state index contributed by atoms with van der Waals surface area (Å²) in [5.74, 6) is 0. The van der Waals surface area contributed by atoms with Gasteiger partial charge in [0.2, 0.25) is 0 Å². The van der Waals surface area contributed by atoms with Gasteiger partial charge >= 0.3 is 0 Å². The highest BCUT2D eigenvalue weighted by molar-refractivity contribution is 7.87. The minimum Gasteiger partial charge on any atom is -0.387 e. The summed E-state index contributed by atoms with van der Waals surface area (Å²) in [5, 5.41) is 21.1. The first-order chi connectivity index (χ1) is 15.4. The predicted molar refractivity (Wildman–Crippen MR) is 115 cm³/mol. The molecule has 5 atom stereocenters. The summed E-state index contributed by atoms with van der Waals surface area (Å²) in [6, 6.07) is 11.7. The summed E-state index contributed by atoms with van der Waals surface area (Å²) < 4.78 is 70.8. The molecule has 0 unspecified atom stereocenters. The summed E-state index contributed by atoms with van der Waals surface area (Å²) in [5.41, 5.74) is 1.68. The lowest BCUT2D eigenvalue weighted by Crippen LogP contribution is -2.60. The fraction of sp³-hybridized carbons (Fsp3) is 0.429. The fourth-order valence-corrected chi connectivity index (χ4v) is 5.20. The molecule has 0 aliphatic carbocycles. The number of aliphatic hydroxyl groups is 2. The molecular formula is C21H26O10S2. The van der Waals surface area contributed by atoms with Crippen molar-refractivity contribution in [1.82, 2.24) is 0 Å². The standard InChI is InChI=1S/C21H26O10S2/c1-13-4-8-15(9-5-13)32(24,25)29-12-17-18(22)20(19(23)21(28-3)30-17)31-33(26,27)16-10-6-14(2)7-11-16/h4-11,17-23H,12H2,1-3H3/t17-,18+,19-,20+,21+/m1/s1. The first kappa shape index (κ1) is 25.7. The van der Waals surface area contributed by atoms with Crippen LogP contribution in [0.4, 0.5) is 0 Å². The zero-order valence-corrected chi connectivity index (χ0v) is 19.8. The van der Waals surface area contributed by atoms with Crippen LogP contribution in [-0.4, -0.2) is 71.5 Å². The van der Waals surface area contributed by atoms with E-state index in [4.69, 9.17) is 17.8 Å². The van der Waals surface area contributed by atoms with Gasteiger partial charge in [-0.05, 0) is 38.1 Å². The fourth-order valence-electron chi connectivity index (χ4n) is 3.18. The summed E-state index contributed by atoms with van der Waals surface area (Å²) >= 11 is 0. The number of ether oxygens (including phenoxy) is 2. The average molecular weight is 503 g/mol. The van der Waals surface area contributed by atoms with Gasteiger partial charge in [0.15, 0.2) is 6.29 Å². The molecule has 3 rings (SSSR count). The Morgan fingerprint density at radius 3 is 1.79 bits per heavy atom. The van der Waals surface area contributed by atoms with Crippen molar-refractivity contribution in [3.63, 3.8) is 0 Å². The first-order valence-corrected chi connectivity index (χ1v) is 12.8. The molecule has 2 aromatic carbocycles. The van der Waals surface area contributed by atoms with Gasteiger partial charge in [-0.3, -0.25) is 8.37 Å². The van der Waals surface area contributed by atoms with Gasteiger partial charge in [0.1, 0.15) is 24.4 Å². The maximum Gasteiger partial charge on any atom is 0.297 e. The molecule has 1 fully saturated rings. The smallest absolute Gasteiger partial charge is 0.297 e. The number of methoxy groups -OCH3 is 1. The number of aliphatic hydroxyl groups excluding tert-OH is 2. The number of benzene rings is 2. The van der Waals surface area contributed by atoms with Crippen molar-refractivity contribution in [3.8, 4) is 0 Å². The highest BCUT2D eigenvalue weighted by Crippen LogP contribution is 2.28. The van der Waals surface area contributed by atoms with Crippen molar-refractivity contribution in [2.45, 2.75) is 54.3 Å². The van der Waals surface area contributed by atoms with Crippen molar-refractivity contribution in [3.05, 3.63) is 59.7 Å². The van der Waals surface area contributed by atoms with E-state index in [2.05, 4.69) is 0 Å².